The van der Waals surface area contributed by atoms with E-state index < -0.39 is 0 Å². The number of nitrogens with one attached hydrogen (secondary N) is 2. The van der Waals surface area contributed by atoms with Gasteiger partial charge in [-0.25, -0.2) is 0 Å². The van der Waals surface area contributed by atoms with Crippen LogP contribution in [0.3, 0.4) is 0 Å². The number of allylic oxidation sites excluding steroid dienone is 1. The molecule has 0 atom stereocenters. The van der Waals surface area contributed by atoms with Crippen LogP contribution in [-0.4, -0.2) is 25.5 Å². The zero-order valence-electron chi connectivity index (χ0n) is 20.7. The second-order valence-electron chi connectivity index (χ2n) is 8.21. The van der Waals surface area contributed by atoms with Crippen molar-refractivity contribution in [2.45, 2.75) is 20.8 Å². The molecule has 0 unspecified atom stereocenters. The summed E-state index contributed by atoms with van der Waals surface area (Å²) in [5.74, 6) is 0.557. The van der Waals surface area contributed by atoms with Crippen molar-refractivity contribution in [1.82, 2.24) is 0 Å². The molecule has 0 aliphatic rings. The summed E-state index contributed by atoms with van der Waals surface area (Å²) in [6.07, 6.45) is 3.25. The number of carbonyl (C=O) groups excluding carboxylic acids is 2. The summed E-state index contributed by atoms with van der Waals surface area (Å²) in [6, 6.07) is 18.9. The zero-order chi connectivity index (χ0) is 25.7. The molecule has 0 aliphatic heterocycles. The van der Waals surface area contributed by atoms with Gasteiger partial charge in [-0.2, -0.15) is 0 Å². The van der Waals surface area contributed by atoms with Crippen LogP contribution in [0.5, 0.6) is 11.5 Å². The molecular weight excluding hydrogens is 456 g/mol. The van der Waals surface area contributed by atoms with Gasteiger partial charge in [0.2, 0.25) is 11.8 Å². The summed E-state index contributed by atoms with van der Waals surface area (Å²) in [6.45, 7) is 5.66. The maximum atomic E-state index is 13.0. The number of anilines is 2. The third-order valence-electron chi connectivity index (χ3n) is 5.61. The van der Waals surface area contributed by atoms with E-state index in [1.54, 1.807) is 24.5 Å². The Hall–Kier alpha value is -4.52. The Kier molecular flexibility index (Phi) is 7.39. The van der Waals surface area contributed by atoms with Crippen molar-refractivity contribution in [3.05, 3.63) is 78.6 Å². The highest BCUT2D eigenvalue weighted by atomic mass is 16.5. The third kappa shape index (κ3) is 5.41. The van der Waals surface area contributed by atoms with Crippen LogP contribution in [0.4, 0.5) is 11.4 Å². The fraction of sp³-hybridized carbons (Fsp3) is 0.172. The van der Waals surface area contributed by atoms with Gasteiger partial charge in [0.05, 0.1) is 25.7 Å². The summed E-state index contributed by atoms with van der Waals surface area (Å²) in [5.41, 5.74) is 5.21. The quantitative estimate of drug-likeness (QED) is 0.278. The first kappa shape index (κ1) is 24.6. The lowest BCUT2D eigenvalue weighted by molar-refractivity contribution is -0.114. The number of ether oxygens (including phenoxy) is 2. The van der Waals surface area contributed by atoms with Gasteiger partial charge in [0, 0.05) is 41.3 Å². The van der Waals surface area contributed by atoms with Crippen LogP contribution in [0.2, 0.25) is 0 Å². The molecule has 3 aromatic carbocycles. The van der Waals surface area contributed by atoms with Crippen LogP contribution in [0, 0.1) is 0 Å². The minimum atomic E-state index is -0.344. The van der Waals surface area contributed by atoms with Gasteiger partial charge >= 0.3 is 0 Å². The predicted molar refractivity (Wildman–Crippen MR) is 142 cm³/mol. The largest absolute Gasteiger partial charge is 0.495 e. The van der Waals surface area contributed by atoms with Gasteiger partial charge < -0.3 is 24.5 Å². The first-order valence-corrected chi connectivity index (χ1v) is 11.6. The van der Waals surface area contributed by atoms with E-state index in [0.29, 0.717) is 35.1 Å². The number of rotatable bonds is 8. The lowest BCUT2D eigenvalue weighted by atomic mass is 9.99. The van der Waals surface area contributed by atoms with Crippen molar-refractivity contribution in [2.24, 2.45) is 0 Å². The standard InChI is InChI=1S/C29H28N2O5/c1-5-35-27-16-28-23(24(17-36-28)20-9-7-6-8-10-20)15-22(27)18(2)13-29(33)31-25-14-21(30-19(3)32)11-12-26(25)34-4/h6-17H,5H2,1-4H3,(H,30,32)(H,31,33)/b18-13+. The summed E-state index contributed by atoms with van der Waals surface area (Å²) in [5, 5.41) is 6.48. The molecule has 1 aromatic heterocycles. The number of hydrogen-bond donors (Lipinski definition) is 2. The molecule has 0 fully saturated rings. The van der Waals surface area contributed by atoms with Crippen LogP contribution < -0.4 is 20.1 Å². The Labute approximate surface area is 209 Å². The van der Waals surface area contributed by atoms with Crippen molar-refractivity contribution in [3.8, 4) is 22.6 Å². The van der Waals surface area contributed by atoms with Gasteiger partial charge in [-0.1, -0.05) is 30.3 Å². The molecule has 0 bridgehead atoms. The second kappa shape index (κ2) is 10.8. The monoisotopic (exact) mass is 484 g/mol. The van der Waals surface area contributed by atoms with E-state index in [9.17, 15) is 9.59 Å². The summed E-state index contributed by atoms with van der Waals surface area (Å²) < 4.78 is 17.1. The molecule has 0 aliphatic carbocycles. The van der Waals surface area contributed by atoms with Crippen molar-refractivity contribution < 1.29 is 23.5 Å². The molecule has 7 heteroatoms. The fourth-order valence-corrected chi connectivity index (χ4v) is 4.01. The average Bonchev–Trinajstić information content (AvgIpc) is 3.27. The van der Waals surface area contributed by atoms with Crippen LogP contribution in [-0.2, 0) is 9.59 Å². The third-order valence-corrected chi connectivity index (χ3v) is 5.61. The van der Waals surface area contributed by atoms with E-state index in [1.165, 1.54) is 20.1 Å². The van der Waals surface area contributed by atoms with Crippen molar-refractivity contribution in [3.63, 3.8) is 0 Å². The number of methoxy groups -OCH3 is 1. The number of furan rings is 1. The van der Waals surface area contributed by atoms with E-state index in [2.05, 4.69) is 10.6 Å². The van der Waals surface area contributed by atoms with E-state index in [1.807, 2.05) is 56.3 Å². The maximum absolute atomic E-state index is 13.0. The Morgan fingerprint density at radius 1 is 0.972 bits per heavy atom. The minimum Gasteiger partial charge on any atom is -0.495 e. The first-order valence-electron chi connectivity index (χ1n) is 11.6. The molecule has 2 N–H and O–H groups in total. The molecular formula is C29H28N2O5. The fourth-order valence-electron chi connectivity index (χ4n) is 4.01. The van der Waals surface area contributed by atoms with Gasteiger partial charge in [-0.15, -0.1) is 0 Å². The molecule has 4 aromatic rings. The summed E-state index contributed by atoms with van der Waals surface area (Å²) >= 11 is 0. The van der Waals surface area contributed by atoms with Crippen LogP contribution in [0.1, 0.15) is 26.3 Å². The summed E-state index contributed by atoms with van der Waals surface area (Å²) in [4.78, 5) is 24.4. The normalized spacial score (nSPS) is 11.3. The molecule has 2 amide bonds. The summed E-state index contributed by atoms with van der Waals surface area (Å²) in [7, 11) is 1.52. The maximum Gasteiger partial charge on any atom is 0.248 e. The van der Waals surface area contributed by atoms with Crippen molar-refractivity contribution >= 4 is 39.7 Å². The Morgan fingerprint density at radius 3 is 2.44 bits per heavy atom. The van der Waals surface area contributed by atoms with Gasteiger partial charge in [-0.3, -0.25) is 9.59 Å². The Bertz CT molecular complexity index is 1440. The first-order chi connectivity index (χ1) is 17.4. The van der Waals surface area contributed by atoms with E-state index in [0.717, 1.165) is 27.6 Å². The minimum absolute atomic E-state index is 0.207. The molecule has 0 saturated heterocycles. The number of fused-ring (bicyclic) bond motifs is 1. The van der Waals surface area contributed by atoms with Crippen LogP contribution in [0.15, 0.2) is 77.4 Å². The second-order valence-corrected chi connectivity index (χ2v) is 8.21. The molecule has 7 nitrogen and oxygen atoms in total. The predicted octanol–water partition coefficient (Wildman–Crippen LogP) is 6.51. The molecule has 0 radical (unpaired) electrons. The number of amides is 2. The highest BCUT2D eigenvalue weighted by Gasteiger charge is 2.16. The topological polar surface area (TPSA) is 89.8 Å². The number of benzene rings is 3. The van der Waals surface area contributed by atoms with Crippen LogP contribution >= 0.6 is 0 Å². The lowest BCUT2D eigenvalue weighted by Gasteiger charge is -2.13. The molecule has 4 rings (SSSR count). The number of carbonyl (C=O) groups is 2. The average molecular weight is 485 g/mol. The van der Waals surface area contributed by atoms with E-state index in [4.69, 9.17) is 13.9 Å². The van der Waals surface area contributed by atoms with Gasteiger partial charge in [0.25, 0.3) is 0 Å². The smallest absolute Gasteiger partial charge is 0.248 e. The molecule has 36 heavy (non-hydrogen) atoms. The van der Waals surface area contributed by atoms with Crippen molar-refractivity contribution in [2.75, 3.05) is 24.4 Å². The Balaban J connectivity index is 1.69. The van der Waals surface area contributed by atoms with Gasteiger partial charge in [-0.05, 0) is 49.2 Å². The zero-order valence-corrected chi connectivity index (χ0v) is 20.7. The van der Waals surface area contributed by atoms with Gasteiger partial charge in [0.1, 0.15) is 17.1 Å². The van der Waals surface area contributed by atoms with Crippen LogP contribution in [0.25, 0.3) is 27.7 Å². The lowest BCUT2D eigenvalue weighted by Crippen LogP contribution is -2.11. The highest BCUT2D eigenvalue weighted by molar-refractivity contribution is 6.06. The Morgan fingerprint density at radius 2 is 1.75 bits per heavy atom. The SMILES string of the molecule is CCOc1cc2occ(-c3ccccc3)c2cc1/C(C)=C/C(=O)Nc1cc(NC(C)=O)ccc1OC. The highest BCUT2D eigenvalue weighted by Crippen LogP contribution is 2.37. The number of hydrogen-bond acceptors (Lipinski definition) is 5. The van der Waals surface area contributed by atoms with Gasteiger partial charge in [0.15, 0.2) is 0 Å². The molecule has 0 saturated carbocycles. The molecule has 1 heterocycles. The van der Waals surface area contributed by atoms with E-state index >= 15 is 0 Å². The van der Waals surface area contributed by atoms with Crippen molar-refractivity contribution in [1.29, 1.82) is 0 Å². The van der Waals surface area contributed by atoms with E-state index in [-0.39, 0.29) is 11.8 Å². The molecule has 184 valence electrons. The molecule has 0 spiro atoms.